The van der Waals surface area contributed by atoms with E-state index >= 15 is 0 Å². The van der Waals surface area contributed by atoms with Crippen molar-refractivity contribution in [3.8, 4) is 11.1 Å². The van der Waals surface area contributed by atoms with Gasteiger partial charge in [-0.2, -0.15) is 11.3 Å². The molecule has 3 rings (SSSR count). The van der Waals surface area contributed by atoms with Gasteiger partial charge in [-0.15, -0.1) is 0 Å². The molecule has 0 saturated heterocycles. The van der Waals surface area contributed by atoms with Crippen LogP contribution in [0.5, 0.6) is 0 Å². The number of hydrogen-bond acceptors (Lipinski definition) is 5. The highest BCUT2D eigenvalue weighted by Gasteiger charge is 2.08. The van der Waals surface area contributed by atoms with Gasteiger partial charge in [0.05, 0.1) is 4.90 Å². The number of pyridine rings is 1. The number of aromatic nitrogens is 1. The van der Waals surface area contributed by atoms with Gasteiger partial charge in [0.2, 0.25) is 5.91 Å². The summed E-state index contributed by atoms with van der Waals surface area (Å²) in [5.74, 6) is -0.0527. The third-order valence-electron chi connectivity index (χ3n) is 4.13. The lowest BCUT2D eigenvalue weighted by Gasteiger charge is -2.07. The predicted molar refractivity (Wildman–Crippen MR) is 107 cm³/mol. The van der Waals surface area contributed by atoms with Gasteiger partial charge in [0, 0.05) is 37.2 Å². The van der Waals surface area contributed by atoms with Crippen LogP contribution in [0.3, 0.4) is 0 Å². The van der Waals surface area contributed by atoms with Gasteiger partial charge in [-0.05, 0) is 58.1 Å². The van der Waals surface area contributed by atoms with E-state index in [2.05, 4.69) is 15.7 Å². The van der Waals surface area contributed by atoms with E-state index in [0.29, 0.717) is 19.4 Å². The first-order chi connectivity index (χ1) is 12.9. The van der Waals surface area contributed by atoms with Crippen LogP contribution in [0.2, 0.25) is 0 Å². The number of carbonyl (C=O) groups is 1. The summed E-state index contributed by atoms with van der Waals surface area (Å²) in [4.78, 5) is 16.6. The van der Waals surface area contributed by atoms with Crippen LogP contribution in [-0.4, -0.2) is 25.6 Å². The first-order valence-corrected chi connectivity index (χ1v) is 11.3. The summed E-state index contributed by atoms with van der Waals surface area (Å²) < 4.78 is 22.9. The van der Waals surface area contributed by atoms with Crippen molar-refractivity contribution in [1.82, 2.24) is 10.3 Å². The molecule has 0 aliphatic carbocycles. The zero-order valence-corrected chi connectivity index (χ0v) is 16.5. The zero-order chi connectivity index (χ0) is 19.3. The van der Waals surface area contributed by atoms with Crippen molar-refractivity contribution in [3.05, 3.63) is 70.7 Å². The number of benzene rings is 1. The largest absolute Gasteiger partial charge is 0.352 e. The molecule has 0 unspecified atom stereocenters. The lowest BCUT2D eigenvalue weighted by molar-refractivity contribution is -0.121. The van der Waals surface area contributed by atoms with Gasteiger partial charge in [0.15, 0.2) is 9.84 Å². The molecule has 0 spiro atoms. The van der Waals surface area contributed by atoms with E-state index in [4.69, 9.17) is 0 Å². The average Bonchev–Trinajstić information content (AvgIpc) is 3.19. The maximum atomic E-state index is 12.1. The fourth-order valence-electron chi connectivity index (χ4n) is 2.62. The molecule has 2 heterocycles. The van der Waals surface area contributed by atoms with Crippen molar-refractivity contribution in [2.75, 3.05) is 6.26 Å². The molecule has 0 atom stereocenters. The van der Waals surface area contributed by atoms with E-state index in [1.165, 1.54) is 6.26 Å². The monoisotopic (exact) mass is 400 g/mol. The Kier molecular flexibility index (Phi) is 6.03. The Hall–Kier alpha value is -2.51. The van der Waals surface area contributed by atoms with E-state index in [-0.39, 0.29) is 10.8 Å². The molecule has 0 bridgehead atoms. The third-order valence-corrected chi connectivity index (χ3v) is 5.94. The van der Waals surface area contributed by atoms with Gasteiger partial charge >= 0.3 is 0 Å². The maximum absolute atomic E-state index is 12.1. The molecule has 27 heavy (non-hydrogen) atoms. The average molecular weight is 401 g/mol. The van der Waals surface area contributed by atoms with Crippen molar-refractivity contribution in [1.29, 1.82) is 0 Å². The third kappa shape index (κ3) is 5.48. The Morgan fingerprint density at radius 1 is 1.07 bits per heavy atom. The molecule has 1 N–H and O–H groups in total. The molecule has 1 aromatic carbocycles. The number of nitrogens with zero attached hydrogens (tertiary/aromatic N) is 1. The van der Waals surface area contributed by atoms with Crippen molar-refractivity contribution < 1.29 is 13.2 Å². The molecule has 0 aliphatic rings. The topological polar surface area (TPSA) is 76.1 Å². The quantitative estimate of drug-likeness (QED) is 0.659. The molecular formula is C20H20N2O3S2. The van der Waals surface area contributed by atoms with Crippen LogP contribution >= 0.6 is 11.3 Å². The molecular weight excluding hydrogens is 380 g/mol. The lowest BCUT2D eigenvalue weighted by Crippen LogP contribution is -2.23. The van der Waals surface area contributed by atoms with E-state index in [1.54, 1.807) is 41.8 Å². The minimum atomic E-state index is -3.19. The Labute approximate surface area is 163 Å². The summed E-state index contributed by atoms with van der Waals surface area (Å²) in [6.45, 7) is 0.427. The maximum Gasteiger partial charge on any atom is 0.220 e. The molecule has 140 valence electrons. The van der Waals surface area contributed by atoms with Crippen LogP contribution < -0.4 is 5.32 Å². The molecule has 3 aromatic rings. The van der Waals surface area contributed by atoms with Crippen molar-refractivity contribution in [2.45, 2.75) is 24.3 Å². The summed E-state index contributed by atoms with van der Waals surface area (Å²) in [6, 6.07) is 10.7. The summed E-state index contributed by atoms with van der Waals surface area (Å²) in [6.07, 6.45) is 5.64. The number of nitrogens with one attached hydrogen (secondary N) is 1. The minimum Gasteiger partial charge on any atom is -0.352 e. The lowest BCUT2D eigenvalue weighted by atomic mass is 10.1. The highest BCUT2D eigenvalue weighted by atomic mass is 32.2. The minimum absolute atomic E-state index is 0.0527. The van der Waals surface area contributed by atoms with Gasteiger partial charge in [-0.3, -0.25) is 9.78 Å². The van der Waals surface area contributed by atoms with Gasteiger partial charge in [-0.25, -0.2) is 8.42 Å². The summed E-state index contributed by atoms with van der Waals surface area (Å²) in [7, 11) is -3.19. The molecule has 5 nitrogen and oxygen atoms in total. The van der Waals surface area contributed by atoms with Crippen LogP contribution in [0.1, 0.15) is 17.5 Å². The SMILES string of the molecule is CS(=O)(=O)c1ccc(CCC(=O)NCc2cncc(-c3ccsc3)c2)cc1. The fourth-order valence-corrected chi connectivity index (χ4v) is 3.92. The van der Waals surface area contributed by atoms with E-state index in [0.717, 1.165) is 22.3 Å². The van der Waals surface area contributed by atoms with E-state index < -0.39 is 9.84 Å². The summed E-state index contributed by atoms with van der Waals surface area (Å²) in [5.41, 5.74) is 4.04. The molecule has 0 saturated carbocycles. The van der Waals surface area contributed by atoms with Crippen molar-refractivity contribution in [3.63, 3.8) is 0 Å². The smallest absolute Gasteiger partial charge is 0.220 e. The van der Waals surface area contributed by atoms with Crippen LogP contribution in [-0.2, 0) is 27.6 Å². The number of aryl methyl sites for hydroxylation is 1. The van der Waals surface area contributed by atoms with Crippen LogP contribution in [0.25, 0.3) is 11.1 Å². The number of rotatable bonds is 7. The number of hydrogen-bond donors (Lipinski definition) is 1. The second-order valence-electron chi connectivity index (χ2n) is 6.29. The number of thiophene rings is 1. The fraction of sp³-hybridized carbons (Fsp3) is 0.200. The first kappa shape index (κ1) is 19.3. The van der Waals surface area contributed by atoms with E-state index in [1.807, 2.05) is 23.7 Å². The normalized spacial score (nSPS) is 11.3. The van der Waals surface area contributed by atoms with Gasteiger partial charge in [0.1, 0.15) is 0 Å². The van der Waals surface area contributed by atoms with Crippen LogP contribution in [0.15, 0.2) is 64.4 Å². The number of carbonyl (C=O) groups excluding carboxylic acids is 1. The number of sulfone groups is 1. The van der Waals surface area contributed by atoms with Crippen LogP contribution in [0.4, 0.5) is 0 Å². The molecule has 0 radical (unpaired) electrons. The molecule has 2 aromatic heterocycles. The Morgan fingerprint density at radius 3 is 2.52 bits per heavy atom. The standard InChI is InChI=1S/C20H20N2O3S2/c1-27(24,25)19-5-2-15(3-6-19)4-7-20(23)22-12-16-10-18(13-21-11-16)17-8-9-26-14-17/h2-3,5-6,8-11,13-14H,4,7,12H2,1H3,(H,22,23). The second-order valence-corrected chi connectivity index (χ2v) is 9.08. The van der Waals surface area contributed by atoms with E-state index in [9.17, 15) is 13.2 Å². The van der Waals surface area contributed by atoms with Crippen molar-refractivity contribution >= 4 is 27.1 Å². The van der Waals surface area contributed by atoms with Gasteiger partial charge in [0.25, 0.3) is 0 Å². The molecule has 7 heteroatoms. The Bertz CT molecular complexity index is 1010. The number of amides is 1. The highest BCUT2D eigenvalue weighted by molar-refractivity contribution is 7.90. The van der Waals surface area contributed by atoms with Crippen molar-refractivity contribution in [2.24, 2.45) is 0 Å². The molecule has 1 amide bonds. The summed E-state index contributed by atoms with van der Waals surface area (Å²) >= 11 is 1.63. The second kappa shape index (κ2) is 8.45. The summed E-state index contributed by atoms with van der Waals surface area (Å²) in [5, 5.41) is 6.99. The Morgan fingerprint density at radius 2 is 1.85 bits per heavy atom. The molecule has 0 aliphatic heterocycles. The highest BCUT2D eigenvalue weighted by Crippen LogP contribution is 2.21. The zero-order valence-electron chi connectivity index (χ0n) is 14.9. The first-order valence-electron chi connectivity index (χ1n) is 8.44. The predicted octanol–water partition coefficient (Wildman–Crippen LogP) is 3.46. The molecule has 0 fully saturated rings. The van der Waals surface area contributed by atoms with Gasteiger partial charge < -0.3 is 5.32 Å². The Balaban J connectivity index is 1.51. The van der Waals surface area contributed by atoms with Crippen LogP contribution in [0, 0.1) is 0 Å². The van der Waals surface area contributed by atoms with Gasteiger partial charge in [-0.1, -0.05) is 12.1 Å².